The van der Waals surface area contributed by atoms with Gasteiger partial charge in [0.05, 0.1) is 35.7 Å². The molecule has 4 aliphatic rings. The van der Waals surface area contributed by atoms with Crippen molar-refractivity contribution in [2.24, 2.45) is 17.8 Å². The fourth-order valence-corrected chi connectivity index (χ4v) is 10.3. The average Bonchev–Trinajstić information content (AvgIpc) is 4.13. The number of pyridine rings is 1. The van der Waals surface area contributed by atoms with E-state index in [0.29, 0.717) is 65.8 Å². The number of amides is 4. The maximum atomic E-state index is 15.4. The van der Waals surface area contributed by atoms with Crippen LogP contribution in [0, 0.1) is 23.6 Å². The topological polar surface area (TPSA) is 192 Å². The molecule has 2 aromatic carbocycles. The molecule has 3 heterocycles. The van der Waals surface area contributed by atoms with Crippen LogP contribution in [0.3, 0.4) is 0 Å². The number of rotatable bonds is 11. The molecular formula is C49H64FN5O10S. The van der Waals surface area contributed by atoms with E-state index in [1.54, 1.807) is 71.9 Å². The van der Waals surface area contributed by atoms with Crippen LogP contribution < -0.4 is 29.6 Å². The van der Waals surface area contributed by atoms with E-state index in [1.165, 1.54) is 24.1 Å². The van der Waals surface area contributed by atoms with Crippen molar-refractivity contribution in [1.29, 1.82) is 0 Å². The smallest absolute Gasteiger partial charge is 0.408 e. The van der Waals surface area contributed by atoms with E-state index in [4.69, 9.17) is 23.9 Å². The van der Waals surface area contributed by atoms with Crippen LogP contribution in [0.5, 0.6) is 17.2 Å². The van der Waals surface area contributed by atoms with Crippen molar-refractivity contribution in [1.82, 2.24) is 25.2 Å². The van der Waals surface area contributed by atoms with Crippen LogP contribution in [-0.4, -0.2) is 95.9 Å². The monoisotopic (exact) mass is 933 g/mol. The summed E-state index contributed by atoms with van der Waals surface area (Å²) in [6.45, 7) is 14.3. The summed E-state index contributed by atoms with van der Waals surface area (Å²) in [6.07, 6.45) is 5.39. The SMILES string of the molecule is CC[C@@H]1C[C@H](C)CC/C=C\[C@@H]2C[C@@]2(C(=O)NS(=O)(=O)C2(C)CC2)NC(=O)[C@@H]2C[C@@H](Oc3cc(-c4ccc(OC(C)C)c(F)c4)nc4cc(OC)ccc34)CN2C(=O)[C@H]1NC(=O)OC(C)(C)C. The summed E-state index contributed by atoms with van der Waals surface area (Å²) in [6, 6.07) is 9.17. The minimum absolute atomic E-state index is 0.0380. The summed E-state index contributed by atoms with van der Waals surface area (Å²) >= 11 is 0. The Hall–Kier alpha value is -5.45. The number of methoxy groups -OCH3 is 1. The number of nitrogens with zero attached hydrogens (tertiary/aromatic N) is 2. The molecule has 2 aliphatic carbocycles. The molecule has 1 saturated heterocycles. The van der Waals surface area contributed by atoms with Crippen LogP contribution in [-0.2, 0) is 29.1 Å². The third-order valence-corrected chi connectivity index (χ3v) is 15.3. The number of allylic oxidation sites excluding steroid dienone is 1. The average molecular weight is 934 g/mol. The maximum absolute atomic E-state index is 15.4. The molecule has 2 saturated carbocycles. The van der Waals surface area contributed by atoms with E-state index in [1.807, 2.05) is 19.1 Å². The molecule has 3 fully saturated rings. The second kappa shape index (κ2) is 18.7. The first kappa shape index (κ1) is 48.5. The molecule has 0 unspecified atom stereocenters. The van der Waals surface area contributed by atoms with Gasteiger partial charge in [0, 0.05) is 35.4 Å². The van der Waals surface area contributed by atoms with Crippen molar-refractivity contribution in [2.45, 2.75) is 147 Å². The number of sulfonamides is 1. The number of fused-ring (bicyclic) bond motifs is 3. The number of nitrogens with one attached hydrogen (secondary N) is 3. The molecule has 0 bridgehead atoms. The molecule has 0 radical (unpaired) electrons. The highest BCUT2D eigenvalue weighted by Crippen LogP contribution is 2.48. The number of aromatic nitrogens is 1. The first-order valence-corrected chi connectivity index (χ1v) is 24.5. The van der Waals surface area contributed by atoms with E-state index in [-0.39, 0.29) is 43.1 Å². The number of hydrogen-bond donors (Lipinski definition) is 3. The second-order valence-electron chi connectivity index (χ2n) is 20.0. The summed E-state index contributed by atoms with van der Waals surface area (Å²) in [7, 11) is -2.53. The normalized spacial score (nSPS) is 27.0. The Bertz CT molecular complexity index is 2500. The van der Waals surface area contributed by atoms with Gasteiger partial charge in [0.2, 0.25) is 21.8 Å². The number of ether oxygens (including phenoxy) is 4. The molecular weight excluding hydrogens is 870 g/mol. The molecule has 4 amide bonds. The quantitative estimate of drug-likeness (QED) is 0.163. The van der Waals surface area contributed by atoms with E-state index >= 15 is 9.18 Å². The standard InChI is InChI=1S/C49H64FN5O10S/c1-10-30-21-29(4)13-11-12-14-32-26-49(32,45(58)54-66(60,61)48(8)19-20-48)53-43(56)39-24-34(27-55(39)44(57)42(30)52-46(59)65-47(5,6)7)64-41-25-37(51-38-23-33(62-9)16-17-35(38)41)31-15-18-40(36(50)22-31)63-28(2)3/h12,14-18,22-23,25,28-30,32,34,39,42H,10-11,13,19-21,24,26-27H2,1-9H3,(H,52,59)(H,53,56)(H,54,58)/b14-12-/t29-,30-,32-,34-,39+,42+,49-/m1/s1. The number of alkyl carbamates (subject to hydrolysis) is 1. The minimum atomic E-state index is -4.06. The van der Waals surface area contributed by atoms with Crippen LogP contribution in [0.25, 0.3) is 22.2 Å². The van der Waals surface area contributed by atoms with Crippen molar-refractivity contribution >= 4 is 44.7 Å². The molecule has 2 aliphatic heterocycles. The number of carbonyl (C=O) groups excluding carboxylic acids is 4. The summed E-state index contributed by atoms with van der Waals surface area (Å²) in [5.41, 5.74) is -1.17. The highest BCUT2D eigenvalue weighted by atomic mass is 32.2. The predicted molar refractivity (Wildman–Crippen MR) is 247 cm³/mol. The van der Waals surface area contributed by atoms with Crippen molar-refractivity contribution in [3.8, 4) is 28.5 Å². The molecule has 15 nitrogen and oxygen atoms in total. The lowest BCUT2D eigenvalue weighted by Gasteiger charge is -2.34. The molecule has 66 heavy (non-hydrogen) atoms. The zero-order chi connectivity index (χ0) is 47.9. The van der Waals surface area contributed by atoms with Gasteiger partial charge < -0.3 is 34.5 Å². The van der Waals surface area contributed by atoms with Gasteiger partial charge in [-0.1, -0.05) is 32.4 Å². The highest BCUT2D eigenvalue weighted by Gasteiger charge is 2.63. The van der Waals surface area contributed by atoms with E-state index in [0.717, 1.165) is 6.42 Å². The largest absolute Gasteiger partial charge is 0.497 e. The first-order valence-electron chi connectivity index (χ1n) is 23.0. The van der Waals surface area contributed by atoms with Crippen LogP contribution >= 0.6 is 0 Å². The third-order valence-electron chi connectivity index (χ3n) is 13.1. The first-order chi connectivity index (χ1) is 31.0. The highest BCUT2D eigenvalue weighted by molar-refractivity contribution is 7.91. The molecule has 0 spiro atoms. The van der Waals surface area contributed by atoms with Gasteiger partial charge in [-0.25, -0.2) is 22.6 Å². The van der Waals surface area contributed by atoms with Gasteiger partial charge in [-0.2, -0.15) is 0 Å². The Morgan fingerprint density at radius 1 is 1.06 bits per heavy atom. The van der Waals surface area contributed by atoms with E-state index in [9.17, 15) is 22.8 Å². The zero-order valence-electron chi connectivity index (χ0n) is 39.4. The minimum Gasteiger partial charge on any atom is -0.497 e. The number of benzene rings is 2. The Morgan fingerprint density at radius 3 is 2.45 bits per heavy atom. The van der Waals surface area contributed by atoms with Crippen molar-refractivity contribution in [3.05, 3.63) is 60.4 Å². The zero-order valence-corrected chi connectivity index (χ0v) is 40.2. The fourth-order valence-electron chi connectivity index (χ4n) is 8.99. The van der Waals surface area contributed by atoms with Gasteiger partial charge in [-0.3, -0.25) is 19.1 Å². The van der Waals surface area contributed by atoms with E-state index in [2.05, 4.69) is 22.3 Å². The molecule has 3 aromatic rings. The van der Waals surface area contributed by atoms with Crippen LogP contribution in [0.2, 0.25) is 0 Å². The van der Waals surface area contributed by atoms with Crippen LogP contribution in [0.4, 0.5) is 9.18 Å². The Kier molecular flexibility index (Phi) is 13.7. The summed E-state index contributed by atoms with van der Waals surface area (Å²) < 4.78 is 66.9. The molecule has 17 heteroatoms. The lowest BCUT2D eigenvalue weighted by Crippen LogP contribution is -2.59. The van der Waals surface area contributed by atoms with E-state index < -0.39 is 79.6 Å². The van der Waals surface area contributed by atoms with Gasteiger partial charge in [-0.05, 0) is 122 Å². The van der Waals surface area contributed by atoms with Crippen molar-refractivity contribution < 1.29 is 50.9 Å². The molecule has 358 valence electrons. The maximum Gasteiger partial charge on any atom is 0.408 e. The Balaban J connectivity index is 1.28. The van der Waals surface area contributed by atoms with Gasteiger partial charge in [0.15, 0.2) is 11.6 Å². The third kappa shape index (κ3) is 10.6. The van der Waals surface area contributed by atoms with Gasteiger partial charge in [0.1, 0.15) is 40.8 Å². The summed E-state index contributed by atoms with van der Waals surface area (Å²) in [5, 5.41) is 6.38. The number of carbonyl (C=O) groups is 4. The molecule has 7 rings (SSSR count). The molecule has 1 aromatic heterocycles. The summed E-state index contributed by atoms with van der Waals surface area (Å²) in [4.78, 5) is 64.0. The van der Waals surface area contributed by atoms with Gasteiger partial charge in [-0.15, -0.1) is 0 Å². The Labute approximate surface area is 387 Å². The Morgan fingerprint density at radius 2 is 1.80 bits per heavy atom. The fraction of sp³-hybridized carbons (Fsp3) is 0.571. The predicted octanol–water partition coefficient (Wildman–Crippen LogP) is 7.35. The molecule has 7 atom stereocenters. The summed E-state index contributed by atoms with van der Waals surface area (Å²) in [5.74, 6) is -2.39. The second-order valence-corrected chi connectivity index (χ2v) is 22.2. The van der Waals surface area contributed by atoms with Crippen molar-refractivity contribution in [3.63, 3.8) is 0 Å². The molecule has 3 N–H and O–H groups in total. The lowest BCUT2D eigenvalue weighted by molar-refractivity contribution is -0.142. The van der Waals surface area contributed by atoms with Crippen LogP contribution in [0.1, 0.15) is 107 Å². The van der Waals surface area contributed by atoms with Crippen LogP contribution in [0.15, 0.2) is 54.6 Å². The van der Waals surface area contributed by atoms with Crippen molar-refractivity contribution in [2.75, 3.05) is 13.7 Å². The number of hydrogen-bond acceptors (Lipinski definition) is 11. The number of halogens is 1. The lowest BCUT2D eigenvalue weighted by atomic mass is 9.85. The van der Waals surface area contributed by atoms with Gasteiger partial charge >= 0.3 is 6.09 Å². The van der Waals surface area contributed by atoms with Gasteiger partial charge in [0.25, 0.3) is 5.91 Å².